The summed E-state index contributed by atoms with van der Waals surface area (Å²) in [5.41, 5.74) is 0.828. The van der Waals surface area contributed by atoms with E-state index in [1.165, 1.54) is 0 Å². The fraction of sp³-hybridized carbons (Fsp3) is 0.615. The highest BCUT2D eigenvalue weighted by Gasteiger charge is 2.26. The van der Waals surface area contributed by atoms with E-state index < -0.39 is 6.10 Å². The number of aliphatic hydroxyl groups is 2. The predicted octanol–water partition coefficient (Wildman–Crippen LogP) is 1.34. The normalized spacial score (nSPS) is 26.9. The van der Waals surface area contributed by atoms with Gasteiger partial charge in [0.15, 0.2) is 0 Å². The van der Waals surface area contributed by atoms with Gasteiger partial charge in [-0.15, -0.1) is 0 Å². The Balaban J connectivity index is 2.22. The number of aliphatic hydroxyl groups excluding tert-OH is 2. The van der Waals surface area contributed by atoms with Gasteiger partial charge in [-0.1, -0.05) is 13.0 Å². The van der Waals surface area contributed by atoms with Crippen LogP contribution in [0.2, 0.25) is 0 Å². The maximum absolute atomic E-state index is 9.91. The minimum Gasteiger partial charge on any atom is -0.391 e. The van der Waals surface area contributed by atoms with Crippen molar-refractivity contribution in [3.05, 3.63) is 23.9 Å². The minimum absolute atomic E-state index is 0.312. The average Bonchev–Trinajstić information content (AvgIpc) is 2.32. The van der Waals surface area contributed by atoms with Crippen molar-refractivity contribution < 1.29 is 10.2 Å². The van der Waals surface area contributed by atoms with E-state index in [1.807, 2.05) is 12.1 Å². The molecular formula is C13H20N2O2. The lowest BCUT2D eigenvalue weighted by atomic mass is 9.95. The molecule has 17 heavy (non-hydrogen) atoms. The van der Waals surface area contributed by atoms with Gasteiger partial charge in [-0.25, -0.2) is 4.98 Å². The number of hydrogen-bond donors (Lipinski definition) is 2. The number of piperidine rings is 1. The third-order valence-corrected chi connectivity index (χ3v) is 3.49. The fourth-order valence-electron chi connectivity index (χ4n) is 2.24. The van der Waals surface area contributed by atoms with Crippen molar-refractivity contribution in [2.45, 2.75) is 32.5 Å². The van der Waals surface area contributed by atoms with E-state index in [0.29, 0.717) is 12.5 Å². The SMILES string of the molecule is CC1CCN(c2ncccc2[C@H](C)O)CC1O. The molecule has 3 atom stereocenters. The molecule has 0 radical (unpaired) electrons. The van der Waals surface area contributed by atoms with Gasteiger partial charge in [0.1, 0.15) is 5.82 Å². The van der Waals surface area contributed by atoms with Crippen LogP contribution in [0.3, 0.4) is 0 Å². The number of hydrogen-bond acceptors (Lipinski definition) is 4. The molecule has 1 aromatic heterocycles. The zero-order valence-corrected chi connectivity index (χ0v) is 10.4. The quantitative estimate of drug-likeness (QED) is 0.813. The maximum Gasteiger partial charge on any atom is 0.134 e. The van der Waals surface area contributed by atoms with E-state index in [1.54, 1.807) is 13.1 Å². The third kappa shape index (κ3) is 2.58. The number of rotatable bonds is 2. The second kappa shape index (κ2) is 5.02. The van der Waals surface area contributed by atoms with Crippen LogP contribution in [-0.4, -0.2) is 34.4 Å². The van der Waals surface area contributed by atoms with Crippen LogP contribution >= 0.6 is 0 Å². The third-order valence-electron chi connectivity index (χ3n) is 3.49. The Bertz CT molecular complexity index is 381. The van der Waals surface area contributed by atoms with E-state index in [0.717, 1.165) is 24.3 Å². The molecule has 0 saturated carbocycles. The summed E-state index contributed by atoms with van der Waals surface area (Å²) in [4.78, 5) is 6.40. The fourth-order valence-corrected chi connectivity index (χ4v) is 2.24. The number of aromatic nitrogens is 1. The van der Waals surface area contributed by atoms with E-state index in [9.17, 15) is 10.2 Å². The summed E-state index contributed by atoms with van der Waals surface area (Å²) in [6.45, 7) is 5.28. The van der Waals surface area contributed by atoms with Gasteiger partial charge in [0.2, 0.25) is 0 Å². The monoisotopic (exact) mass is 236 g/mol. The van der Waals surface area contributed by atoms with E-state index in [-0.39, 0.29) is 6.10 Å². The molecule has 2 heterocycles. The highest BCUT2D eigenvalue weighted by atomic mass is 16.3. The summed E-state index contributed by atoms with van der Waals surface area (Å²) in [5.74, 6) is 1.14. The first-order valence-electron chi connectivity index (χ1n) is 6.15. The summed E-state index contributed by atoms with van der Waals surface area (Å²) >= 11 is 0. The van der Waals surface area contributed by atoms with Crippen LogP contribution < -0.4 is 4.90 Å². The number of β-amino-alcohol motifs (C(OH)–C–C–N with tert-alkyl or cyclic N) is 1. The maximum atomic E-state index is 9.91. The lowest BCUT2D eigenvalue weighted by Crippen LogP contribution is -2.43. The smallest absolute Gasteiger partial charge is 0.134 e. The largest absolute Gasteiger partial charge is 0.391 e. The highest BCUT2D eigenvalue weighted by Crippen LogP contribution is 2.27. The molecule has 1 fully saturated rings. The van der Waals surface area contributed by atoms with Crippen molar-refractivity contribution in [2.24, 2.45) is 5.92 Å². The Kier molecular flexibility index (Phi) is 3.64. The summed E-state index contributed by atoms with van der Waals surface area (Å²) in [5, 5.41) is 19.6. The number of nitrogens with zero attached hydrogens (tertiary/aromatic N) is 2. The highest BCUT2D eigenvalue weighted by molar-refractivity contribution is 5.48. The summed E-state index contributed by atoms with van der Waals surface area (Å²) in [6, 6.07) is 3.71. The predicted molar refractivity (Wildman–Crippen MR) is 66.9 cm³/mol. The molecule has 0 aromatic carbocycles. The Labute approximate surface area is 102 Å². The minimum atomic E-state index is -0.532. The molecule has 2 rings (SSSR count). The van der Waals surface area contributed by atoms with Gasteiger partial charge in [-0.2, -0.15) is 0 Å². The Hall–Kier alpha value is -1.13. The molecule has 2 unspecified atom stereocenters. The van der Waals surface area contributed by atoms with Crippen molar-refractivity contribution in [3.63, 3.8) is 0 Å². The van der Waals surface area contributed by atoms with E-state index >= 15 is 0 Å². The Morgan fingerprint density at radius 1 is 1.53 bits per heavy atom. The summed E-state index contributed by atoms with van der Waals surface area (Å²) < 4.78 is 0. The molecule has 0 aliphatic carbocycles. The van der Waals surface area contributed by atoms with Crippen LogP contribution in [0, 0.1) is 5.92 Å². The molecule has 2 N–H and O–H groups in total. The van der Waals surface area contributed by atoms with Crippen molar-refractivity contribution in [1.82, 2.24) is 4.98 Å². The first kappa shape index (κ1) is 12.3. The molecule has 94 valence electrons. The van der Waals surface area contributed by atoms with Gasteiger partial charge in [-0.05, 0) is 25.3 Å². The Morgan fingerprint density at radius 3 is 2.94 bits per heavy atom. The Morgan fingerprint density at radius 2 is 2.29 bits per heavy atom. The standard InChI is InChI=1S/C13H20N2O2/c1-9-5-7-15(8-12(9)17)13-11(10(2)16)4-3-6-14-13/h3-4,6,9-10,12,16-17H,5,7-8H2,1-2H3/t9?,10-,12?/m0/s1. The van der Waals surface area contributed by atoms with Crippen molar-refractivity contribution in [2.75, 3.05) is 18.0 Å². The molecule has 1 aromatic rings. The first-order chi connectivity index (χ1) is 8.09. The average molecular weight is 236 g/mol. The molecule has 1 aliphatic heterocycles. The number of pyridine rings is 1. The van der Waals surface area contributed by atoms with Crippen LogP contribution in [0.5, 0.6) is 0 Å². The lowest BCUT2D eigenvalue weighted by Gasteiger charge is -2.36. The zero-order valence-electron chi connectivity index (χ0n) is 10.4. The van der Waals surface area contributed by atoms with E-state index in [4.69, 9.17) is 0 Å². The molecular weight excluding hydrogens is 216 g/mol. The molecule has 4 heteroatoms. The van der Waals surface area contributed by atoms with Crippen LogP contribution in [0.25, 0.3) is 0 Å². The van der Waals surface area contributed by atoms with Gasteiger partial charge >= 0.3 is 0 Å². The van der Waals surface area contributed by atoms with Crippen LogP contribution in [0.1, 0.15) is 31.9 Å². The molecule has 0 bridgehead atoms. The van der Waals surface area contributed by atoms with Crippen LogP contribution in [0.15, 0.2) is 18.3 Å². The van der Waals surface area contributed by atoms with Crippen molar-refractivity contribution >= 4 is 5.82 Å². The number of anilines is 1. The molecule has 0 amide bonds. The van der Waals surface area contributed by atoms with Crippen LogP contribution in [0.4, 0.5) is 5.82 Å². The molecule has 4 nitrogen and oxygen atoms in total. The van der Waals surface area contributed by atoms with E-state index in [2.05, 4.69) is 16.8 Å². The van der Waals surface area contributed by atoms with Gasteiger partial charge in [0, 0.05) is 24.8 Å². The second-order valence-corrected chi connectivity index (χ2v) is 4.87. The van der Waals surface area contributed by atoms with Crippen molar-refractivity contribution in [3.8, 4) is 0 Å². The van der Waals surface area contributed by atoms with Gasteiger partial charge < -0.3 is 15.1 Å². The van der Waals surface area contributed by atoms with Crippen LogP contribution in [-0.2, 0) is 0 Å². The van der Waals surface area contributed by atoms with Gasteiger partial charge in [0.05, 0.1) is 12.2 Å². The molecule has 1 saturated heterocycles. The van der Waals surface area contributed by atoms with Crippen molar-refractivity contribution in [1.29, 1.82) is 0 Å². The van der Waals surface area contributed by atoms with Gasteiger partial charge in [-0.3, -0.25) is 0 Å². The lowest BCUT2D eigenvalue weighted by molar-refractivity contribution is 0.102. The topological polar surface area (TPSA) is 56.6 Å². The summed E-state index contributed by atoms with van der Waals surface area (Å²) in [7, 11) is 0. The summed E-state index contributed by atoms with van der Waals surface area (Å²) in [6.07, 6.45) is 1.84. The first-order valence-corrected chi connectivity index (χ1v) is 6.15. The molecule has 0 spiro atoms. The second-order valence-electron chi connectivity index (χ2n) is 4.87. The zero-order chi connectivity index (χ0) is 12.4. The van der Waals surface area contributed by atoms with Gasteiger partial charge in [0.25, 0.3) is 0 Å². The molecule has 1 aliphatic rings.